The minimum Gasteiger partial charge on any atom is -0.505 e. The van der Waals surface area contributed by atoms with Crippen LogP contribution in [0.15, 0.2) is 46.9 Å². The number of carbonyl (C=O) groups excluding carboxylic acids is 3. The zero-order valence-electron chi connectivity index (χ0n) is 16.4. The van der Waals surface area contributed by atoms with Crippen LogP contribution in [0.3, 0.4) is 0 Å². The van der Waals surface area contributed by atoms with Crippen LogP contribution in [0.25, 0.3) is 0 Å². The van der Waals surface area contributed by atoms with E-state index in [1.165, 1.54) is 12.1 Å². The van der Waals surface area contributed by atoms with Gasteiger partial charge >= 0.3 is 12.1 Å². The lowest BCUT2D eigenvalue weighted by Gasteiger charge is -2.28. The molecule has 8 nitrogen and oxygen atoms in total. The van der Waals surface area contributed by atoms with Crippen LogP contribution in [0.1, 0.15) is 25.8 Å². The van der Waals surface area contributed by atoms with Crippen molar-refractivity contribution in [3.05, 3.63) is 58.3 Å². The lowest BCUT2D eigenvalue weighted by Crippen LogP contribution is -2.56. The van der Waals surface area contributed by atoms with Gasteiger partial charge in [0.2, 0.25) is 6.41 Å². The van der Waals surface area contributed by atoms with Crippen LogP contribution in [-0.2, 0) is 11.2 Å². The van der Waals surface area contributed by atoms with Gasteiger partial charge in [-0.1, -0.05) is 22.0 Å². The lowest BCUT2D eigenvalue weighted by atomic mass is 9.95. The van der Waals surface area contributed by atoms with E-state index < -0.39 is 29.2 Å². The Kier molecular flexibility index (Phi) is 7.76. The summed E-state index contributed by atoms with van der Waals surface area (Å²) >= 11 is 3.28. The smallest absolute Gasteiger partial charge is 0.343 e. The quantitative estimate of drug-likeness (QED) is 0.371. The molecule has 0 radical (unpaired) electrons. The molecule has 160 valence electrons. The summed E-state index contributed by atoms with van der Waals surface area (Å²) in [5.41, 5.74) is 2.51. The van der Waals surface area contributed by atoms with Gasteiger partial charge in [0.25, 0.3) is 0 Å². The number of nitrogens with one attached hydrogen (secondary N) is 3. The Balaban J connectivity index is 1.90. The van der Waals surface area contributed by atoms with Crippen LogP contribution < -0.4 is 16.1 Å². The van der Waals surface area contributed by atoms with Crippen molar-refractivity contribution < 1.29 is 23.9 Å². The van der Waals surface area contributed by atoms with Gasteiger partial charge in [-0.15, -0.1) is 0 Å². The van der Waals surface area contributed by atoms with Crippen LogP contribution in [-0.4, -0.2) is 34.1 Å². The van der Waals surface area contributed by atoms with Crippen molar-refractivity contribution in [3.63, 3.8) is 0 Å². The summed E-state index contributed by atoms with van der Waals surface area (Å²) in [7, 11) is 0. The summed E-state index contributed by atoms with van der Waals surface area (Å²) < 4.78 is 14.3. The number of rotatable bonds is 6. The van der Waals surface area contributed by atoms with Gasteiger partial charge in [-0.05, 0) is 68.7 Å². The van der Waals surface area contributed by atoms with E-state index in [1.54, 1.807) is 44.2 Å². The maximum Gasteiger partial charge on any atom is 0.343 e. The Bertz CT molecular complexity index is 922. The molecule has 2 aromatic rings. The average Bonchev–Trinajstić information content (AvgIpc) is 2.68. The molecule has 2 aromatic carbocycles. The van der Waals surface area contributed by atoms with E-state index in [-0.39, 0.29) is 6.41 Å². The molecular weight excluding hydrogens is 459 g/mol. The fraction of sp³-hybridized carbons (Fsp3) is 0.250. The zero-order chi connectivity index (χ0) is 22.3. The van der Waals surface area contributed by atoms with Crippen LogP contribution >= 0.6 is 15.9 Å². The number of anilines is 1. The maximum atomic E-state index is 13.4. The molecule has 0 aliphatic rings. The van der Waals surface area contributed by atoms with Gasteiger partial charge in [0, 0.05) is 15.7 Å². The van der Waals surface area contributed by atoms with Gasteiger partial charge in [0.05, 0.1) is 0 Å². The Morgan fingerprint density at radius 3 is 2.47 bits per heavy atom. The fourth-order valence-corrected chi connectivity index (χ4v) is 2.77. The minimum absolute atomic E-state index is 0.182. The maximum absolute atomic E-state index is 13.4. The van der Waals surface area contributed by atoms with E-state index in [0.717, 1.165) is 4.47 Å². The van der Waals surface area contributed by atoms with E-state index in [1.807, 2.05) is 0 Å². The number of urea groups is 2. The van der Waals surface area contributed by atoms with Crippen molar-refractivity contribution in [2.75, 3.05) is 5.32 Å². The van der Waals surface area contributed by atoms with Gasteiger partial charge in [0.1, 0.15) is 0 Å². The number of phenols is 1. The SMILES string of the molecule is CC(C)(CCc1ccc(O)c(F)c1)NC(=O)N(C=O)NC(=O)Nc1ccc(Br)cc1. The Morgan fingerprint density at radius 1 is 1.20 bits per heavy atom. The van der Waals surface area contributed by atoms with Crippen LogP contribution in [0.2, 0.25) is 0 Å². The van der Waals surface area contributed by atoms with Crippen molar-refractivity contribution in [3.8, 4) is 5.75 Å². The van der Waals surface area contributed by atoms with Gasteiger partial charge in [-0.25, -0.2) is 19.4 Å². The van der Waals surface area contributed by atoms with E-state index in [2.05, 4.69) is 32.0 Å². The molecule has 0 spiro atoms. The number of phenolic OH excluding ortho intramolecular Hbond substituents is 1. The monoisotopic (exact) mass is 480 g/mol. The van der Waals surface area contributed by atoms with Crippen LogP contribution in [0, 0.1) is 5.82 Å². The molecule has 0 saturated carbocycles. The average molecular weight is 481 g/mol. The van der Waals surface area contributed by atoms with Gasteiger partial charge in [-0.3, -0.25) is 4.79 Å². The van der Waals surface area contributed by atoms with E-state index in [9.17, 15) is 23.9 Å². The van der Waals surface area contributed by atoms with Gasteiger partial charge in [-0.2, -0.15) is 5.01 Å². The third-order valence-corrected chi connectivity index (χ3v) is 4.67. The number of amides is 5. The number of hydrazine groups is 1. The molecule has 5 amide bonds. The predicted octanol–water partition coefficient (Wildman–Crippen LogP) is 3.91. The number of nitrogens with zero attached hydrogens (tertiary/aromatic N) is 1. The number of hydrogen-bond acceptors (Lipinski definition) is 4. The molecule has 0 unspecified atom stereocenters. The van der Waals surface area contributed by atoms with Gasteiger partial charge < -0.3 is 15.7 Å². The summed E-state index contributed by atoms with van der Waals surface area (Å²) in [5.74, 6) is -1.15. The normalized spacial score (nSPS) is 10.8. The largest absolute Gasteiger partial charge is 0.505 e. The zero-order valence-corrected chi connectivity index (χ0v) is 18.0. The first-order valence-corrected chi connectivity index (χ1v) is 9.76. The molecule has 0 atom stereocenters. The summed E-state index contributed by atoms with van der Waals surface area (Å²) in [6.45, 7) is 3.46. The summed E-state index contributed by atoms with van der Waals surface area (Å²) in [4.78, 5) is 35.7. The second-order valence-corrected chi connectivity index (χ2v) is 8.06. The van der Waals surface area contributed by atoms with Crippen molar-refractivity contribution in [1.29, 1.82) is 0 Å². The summed E-state index contributed by atoms with van der Waals surface area (Å²) in [6.07, 6.45) is 1.02. The van der Waals surface area contributed by atoms with Crippen molar-refractivity contribution in [2.45, 2.75) is 32.2 Å². The van der Waals surface area contributed by atoms with E-state index in [4.69, 9.17) is 0 Å². The lowest BCUT2D eigenvalue weighted by molar-refractivity contribution is -0.117. The van der Waals surface area contributed by atoms with E-state index >= 15 is 0 Å². The van der Waals surface area contributed by atoms with Crippen molar-refractivity contribution >= 4 is 40.1 Å². The Morgan fingerprint density at radius 2 is 1.87 bits per heavy atom. The van der Waals surface area contributed by atoms with Crippen LogP contribution in [0.4, 0.5) is 19.7 Å². The van der Waals surface area contributed by atoms with Crippen LogP contribution in [0.5, 0.6) is 5.75 Å². The molecule has 10 heteroatoms. The second-order valence-electron chi connectivity index (χ2n) is 7.15. The number of hydrogen-bond donors (Lipinski definition) is 4. The number of carbonyl (C=O) groups is 3. The summed E-state index contributed by atoms with van der Waals surface area (Å²) in [5, 5.41) is 14.9. The molecule has 0 bridgehead atoms. The van der Waals surface area contributed by atoms with E-state index in [0.29, 0.717) is 29.1 Å². The molecular formula is C20H22BrFN4O4. The number of halogens is 2. The third kappa shape index (κ3) is 7.03. The Labute approximate surface area is 181 Å². The number of benzene rings is 2. The molecule has 2 rings (SSSR count). The predicted molar refractivity (Wildman–Crippen MR) is 113 cm³/mol. The fourth-order valence-electron chi connectivity index (χ4n) is 2.50. The highest BCUT2D eigenvalue weighted by atomic mass is 79.9. The molecule has 0 aliphatic heterocycles. The highest BCUT2D eigenvalue weighted by molar-refractivity contribution is 9.10. The third-order valence-electron chi connectivity index (χ3n) is 4.14. The first kappa shape index (κ1) is 23.1. The first-order valence-electron chi connectivity index (χ1n) is 8.97. The molecule has 0 aliphatic carbocycles. The van der Waals surface area contributed by atoms with Gasteiger partial charge in [0.15, 0.2) is 11.6 Å². The Hall–Kier alpha value is -3.14. The summed E-state index contributed by atoms with van der Waals surface area (Å²) in [6, 6.07) is 9.22. The highest BCUT2D eigenvalue weighted by Crippen LogP contribution is 2.20. The molecule has 0 heterocycles. The molecule has 0 aromatic heterocycles. The molecule has 0 saturated heterocycles. The second kappa shape index (κ2) is 10.1. The highest BCUT2D eigenvalue weighted by Gasteiger charge is 2.25. The molecule has 0 fully saturated rings. The standard InChI is InChI=1S/C20H22BrFN4O4/c1-20(2,10-9-13-3-8-17(28)16(22)11-13)24-19(30)26(12-27)25-18(29)23-15-6-4-14(21)5-7-15/h3-8,11-12,28H,9-10H2,1-2H3,(H,24,30)(H2,23,25,29). The topological polar surface area (TPSA) is 111 Å². The first-order chi connectivity index (χ1) is 14.1. The number of aryl methyl sites for hydroxylation is 1. The number of imide groups is 1. The van der Waals surface area contributed by atoms with Crippen molar-refractivity contribution in [2.24, 2.45) is 0 Å². The number of aromatic hydroxyl groups is 1. The molecule has 30 heavy (non-hydrogen) atoms. The van der Waals surface area contributed by atoms with Crippen molar-refractivity contribution in [1.82, 2.24) is 15.8 Å². The molecule has 4 N–H and O–H groups in total. The minimum atomic E-state index is -0.821.